The topological polar surface area (TPSA) is 97.4 Å². The highest BCUT2D eigenvalue weighted by Crippen LogP contribution is 2.36. The number of benzene rings is 2. The molecular formula is C27H29F2N5O3. The highest BCUT2D eigenvalue weighted by molar-refractivity contribution is 5.99. The highest BCUT2D eigenvalue weighted by Gasteiger charge is 2.27. The van der Waals surface area contributed by atoms with E-state index in [1.54, 1.807) is 12.1 Å². The summed E-state index contributed by atoms with van der Waals surface area (Å²) in [5.41, 5.74) is 1.91. The quantitative estimate of drug-likeness (QED) is 0.333. The number of fused-ring (bicyclic) bond motifs is 1. The molecule has 4 aromatic rings. The van der Waals surface area contributed by atoms with Crippen LogP contribution in [-0.4, -0.2) is 51.5 Å². The zero-order valence-electron chi connectivity index (χ0n) is 20.8. The summed E-state index contributed by atoms with van der Waals surface area (Å²) >= 11 is 0. The lowest BCUT2D eigenvalue weighted by molar-refractivity contribution is 0.0799. The molecule has 194 valence electrons. The third-order valence-electron chi connectivity index (χ3n) is 6.65. The Labute approximate surface area is 213 Å². The van der Waals surface area contributed by atoms with Gasteiger partial charge in [0.25, 0.3) is 0 Å². The number of aliphatic hydroxyl groups is 1. The van der Waals surface area contributed by atoms with Crippen molar-refractivity contribution in [2.24, 2.45) is 0 Å². The molecule has 37 heavy (non-hydrogen) atoms. The average Bonchev–Trinajstić information content (AvgIpc) is 3.40. The highest BCUT2D eigenvalue weighted by atomic mass is 19.1. The molecule has 2 aromatic heterocycles. The first-order valence-corrected chi connectivity index (χ1v) is 12.4. The minimum atomic E-state index is -0.466. The van der Waals surface area contributed by atoms with Crippen LogP contribution in [0, 0.1) is 11.6 Å². The van der Waals surface area contributed by atoms with Crippen molar-refractivity contribution in [1.29, 1.82) is 0 Å². The van der Waals surface area contributed by atoms with Crippen LogP contribution in [0.2, 0.25) is 0 Å². The SMILES string of the molecule is CC(C)c1nc(C2CCN(c3ncnc4c(-c5ccc(COCCO)c(F)c5)cc(F)cc34)CC2)no1. The van der Waals surface area contributed by atoms with Gasteiger partial charge in [-0.15, -0.1) is 0 Å². The van der Waals surface area contributed by atoms with Crippen molar-refractivity contribution in [3.05, 3.63) is 65.6 Å². The lowest BCUT2D eigenvalue weighted by Crippen LogP contribution is -2.34. The molecular weight excluding hydrogens is 480 g/mol. The van der Waals surface area contributed by atoms with Gasteiger partial charge in [-0.2, -0.15) is 4.98 Å². The van der Waals surface area contributed by atoms with Crippen LogP contribution in [0.25, 0.3) is 22.0 Å². The summed E-state index contributed by atoms with van der Waals surface area (Å²) in [6.07, 6.45) is 3.10. The van der Waals surface area contributed by atoms with Gasteiger partial charge in [0.2, 0.25) is 5.89 Å². The number of piperidine rings is 1. The molecule has 2 aromatic carbocycles. The number of hydrogen-bond acceptors (Lipinski definition) is 8. The Balaban J connectivity index is 1.41. The largest absolute Gasteiger partial charge is 0.394 e. The Kier molecular flexibility index (Phi) is 7.38. The zero-order chi connectivity index (χ0) is 25.9. The number of ether oxygens (including phenoxy) is 1. The molecule has 1 N–H and O–H groups in total. The van der Waals surface area contributed by atoms with Gasteiger partial charge in [0, 0.05) is 41.4 Å². The standard InChI is InChI=1S/C27H29F2N5O3/c1-16(2)27-32-25(33-37-27)17-5-7-34(8-6-17)26-22-13-20(28)12-21(24(22)30-15-31-26)18-3-4-19(23(29)11-18)14-36-10-9-35/h3-4,11-13,15-17,35H,5-10,14H2,1-2H3. The van der Waals surface area contributed by atoms with Gasteiger partial charge in [0.05, 0.1) is 25.3 Å². The van der Waals surface area contributed by atoms with E-state index < -0.39 is 11.6 Å². The molecule has 0 radical (unpaired) electrons. The molecule has 8 nitrogen and oxygen atoms in total. The summed E-state index contributed by atoms with van der Waals surface area (Å²) in [6.45, 7) is 5.47. The van der Waals surface area contributed by atoms with Crippen LogP contribution >= 0.6 is 0 Å². The Morgan fingerprint density at radius 2 is 1.95 bits per heavy atom. The molecule has 0 saturated carbocycles. The Bertz CT molecular complexity index is 1390. The molecule has 3 heterocycles. The lowest BCUT2D eigenvalue weighted by atomic mass is 9.95. The van der Waals surface area contributed by atoms with Crippen LogP contribution in [0.15, 0.2) is 41.2 Å². The van der Waals surface area contributed by atoms with Crippen LogP contribution in [0.3, 0.4) is 0 Å². The normalized spacial score (nSPS) is 14.7. The molecule has 1 saturated heterocycles. The fraction of sp³-hybridized carbons (Fsp3) is 0.407. The fourth-order valence-corrected chi connectivity index (χ4v) is 4.67. The van der Waals surface area contributed by atoms with Crippen LogP contribution in [0.5, 0.6) is 0 Å². The maximum atomic E-state index is 14.8. The minimum absolute atomic E-state index is 0.0431. The molecule has 10 heteroatoms. The first-order chi connectivity index (χ1) is 17.9. The molecule has 0 unspecified atom stereocenters. The molecule has 1 aliphatic heterocycles. The van der Waals surface area contributed by atoms with Crippen LogP contribution in [0.4, 0.5) is 14.6 Å². The van der Waals surface area contributed by atoms with Gasteiger partial charge in [-0.05, 0) is 36.6 Å². The average molecular weight is 510 g/mol. The first kappa shape index (κ1) is 25.2. The second-order valence-electron chi connectivity index (χ2n) is 9.54. The number of rotatable bonds is 8. The van der Waals surface area contributed by atoms with Crippen LogP contribution < -0.4 is 4.90 Å². The van der Waals surface area contributed by atoms with Crippen molar-refractivity contribution in [2.75, 3.05) is 31.2 Å². The monoisotopic (exact) mass is 509 g/mol. The maximum absolute atomic E-state index is 14.8. The van der Waals surface area contributed by atoms with Crippen molar-refractivity contribution in [3.63, 3.8) is 0 Å². The molecule has 1 aliphatic rings. The van der Waals surface area contributed by atoms with Gasteiger partial charge in [0.15, 0.2) is 5.82 Å². The van der Waals surface area contributed by atoms with E-state index in [1.807, 2.05) is 13.8 Å². The van der Waals surface area contributed by atoms with E-state index in [1.165, 1.54) is 24.5 Å². The first-order valence-electron chi connectivity index (χ1n) is 12.4. The van der Waals surface area contributed by atoms with Gasteiger partial charge in [0.1, 0.15) is 23.8 Å². The molecule has 0 spiro atoms. The molecule has 0 atom stereocenters. The van der Waals surface area contributed by atoms with E-state index in [4.69, 9.17) is 14.4 Å². The van der Waals surface area contributed by atoms with Crippen LogP contribution in [0.1, 0.15) is 55.8 Å². The fourth-order valence-electron chi connectivity index (χ4n) is 4.67. The number of aliphatic hydroxyl groups excluding tert-OH is 1. The van der Waals surface area contributed by atoms with Gasteiger partial charge >= 0.3 is 0 Å². The summed E-state index contributed by atoms with van der Waals surface area (Å²) in [7, 11) is 0. The molecule has 1 fully saturated rings. The van der Waals surface area contributed by atoms with E-state index in [2.05, 4.69) is 25.0 Å². The van der Waals surface area contributed by atoms with Crippen molar-refractivity contribution in [2.45, 2.75) is 45.1 Å². The molecule has 0 bridgehead atoms. The number of aromatic nitrogens is 4. The van der Waals surface area contributed by atoms with Gasteiger partial charge in [-0.25, -0.2) is 18.7 Å². The summed E-state index contributed by atoms with van der Waals surface area (Å²) in [4.78, 5) is 15.6. The van der Waals surface area contributed by atoms with E-state index in [0.717, 1.165) is 18.7 Å². The number of hydrogen-bond donors (Lipinski definition) is 1. The van der Waals surface area contributed by atoms with E-state index in [-0.39, 0.29) is 31.7 Å². The zero-order valence-corrected chi connectivity index (χ0v) is 20.8. The van der Waals surface area contributed by atoms with Gasteiger partial charge in [-0.3, -0.25) is 0 Å². The minimum Gasteiger partial charge on any atom is -0.394 e. The Morgan fingerprint density at radius 1 is 1.14 bits per heavy atom. The van der Waals surface area contributed by atoms with E-state index in [9.17, 15) is 8.78 Å². The van der Waals surface area contributed by atoms with Crippen molar-refractivity contribution in [3.8, 4) is 11.1 Å². The van der Waals surface area contributed by atoms with Crippen molar-refractivity contribution >= 4 is 16.7 Å². The number of anilines is 1. The number of nitrogens with zero attached hydrogens (tertiary/aromatic N) is 5. The van der Waals surface area contributed by atoms with E-state index >= 15 is 0 Å². The van der Waals surface area contributed by atoms with Gasteiger partial charge < -0.3 is 19.3 Å². The third-order valence-corrected chi connectivity index (χ3v) is 6.65. The second kappa shape index (κ2) is 10.9. The Morgan fingerprint density at radius 3 is 2.65 bits per heavy atom. The Hall–Kier alpha value is -3.50. The smallest absolute Gasteiger partial charge is 0.229 e. The lowest BCUT2D eigenvalue weighted by Gasteiger charge is -2.32. The summed E-state index contributed by atoms with van der Waals surface area (Å²) < 4.78 is 40.2. The predicted molar refractivity (Wildman–Crippen MR) is 134 cm³/mol. The third kappa shape index (κ3) is 5.30. The van der Waals surface area contributed by atoms with E-state index in [0.29, 0.717) is 52.4 Å². The summed E-state index contributed by atoms with van der Waals surface area (Å²) in [6, 6.07) is 7.48. The summed E-state index contributed by atoms with van der Waals surface area (Å²) in [5, 5.41) is 13.6. The predicted octanol–water partition coefficient (Wildman–Crippen LogP) is 4.97. The van der Waals surface area contributed by atoms with Gasteiger partial charge in [-0.1, -0.05) is 31.1 Å². The van der Waals surface area contributed by atoms with Crippen LogP contribution in [-0.2, 0) is 11.3 Å². The summed E-state index contributed by atoms with van der Waals surface area (Å²) in [5.74, 6) is 1.48. The molecule has 5 rings (SSSR count). The second-order valence-corrected chi connectivity index (χ2v) is 9.54. The number of halogens is 2. The van der Waals surface area contributed by atoms with Crippen molar-refractivity contribution in [1.82, 2.24) is 20.1 Å². The van der Waals surface area contributed by atoms with Crippen molar-refractivity contribution < 1.29 is 23.1 Å². The maximum Gasteiger partial charge on any atom is 0.229 e. The molecule has 0 aliphatic carbocycles. The molecule has 0 amide bonds.